The summed E-state index contributed by atoms with van der Waals surface area (Å²) in [5.74, 6) is -0.0856. The maximum atomic E-state index is 11.5. The van der Waals surface area contributed by atoms with Crippen LogP contribution in [0.25, 0.3) is 0 Å². The van der Waals surface area contributed by atoms with Crippen LogP contribution in [0, 0.1) is 10.1 Å². The van der Waals surface area contributed by atoms with Crippen LogP contribution in [0.2, 0.25) is 0 Å². The summed E-state index contributed by atoms with van der Waals surface area (Å²) in [4.78, 5) is 35.9. The Morgan fingerprint density at radius 2 is 1.19 bits per heavy atom. The minimum absolute atomic E-state index is 0.0180. The van der Waals surface area contributed by atoms with Gasteiger partial charge in [-0.15, -0.1) is 0 Å². The van der Waals surface area contributed by atoms with Crippen LogP contribution in [-0.2, 0) is 33.4 Å². The second-order valence-electron chi connectivity index (χ2n) is 6.56. The van der Waals surface area contributed by atoms with Crippen molar-refractivity contribution in [3.63, 3.8) is 0 Å². The molecule has 0 aromatic heterocycles. The van der Waals surface area contributed by atoms with E-state index in [0.29, 0.717) is 41.5 Å². The predicted octanol–water partition coefficient (Wildman–Crippen LogP) is 6.43. The van der Waals surface area contributed by atoms with Gasteiger partial charge in [-0.1, -0.05) is 18.2 Å². The number of rotatable bonds is 3. The molecule has 2 aromatic rings. The van der Waals surface area contributed by atoms with Crippen molar-refractivity contribution >= 4 is 129 Å². The molecule has 197 valence electrons. The van der Waals surface area contributed by atoms with Crippen LogP contribution < -0.4 is 9.80 Å². The first-order valence-corrected chi connectivity index (χ1v) is 32.5. The number of non-ortho nitro benzene ring substituents is 1. The number of carbonyl (C=O) groups excluding carboxylic acids is 2. The Bertz CT molecular complexity index is 944. The summed E-state index contributed by atoms with van der Waals surface area (Å²) >= 11 is 12.1. The molecule has 0 aliphatic carbocycles. The number of ether oxygens (including phenoxy) is 2. The fraction of sp³-hybridized carbons (Fsp3) is 0.300. The first-order valence-electron chi connectivity index (χ1n) is 9.96. The number of nitro groups is 1. The topological polar surface area (TPSA) is 102 Å². The number of anilines is 2. The van der Waals surface area contributed by atoms with Gasteiger partial charge in [0.1, 0.15) is 13.2 Å². The zero-order valence-electron chi connectivity index (χ0n) is 18.5. The number of hydrogen-bond acceptors (Lipinski definition) is 6. The van der Waals surface area contributed by atoms with Crippen LogP contribution in [0.5, 0.6) is 0 Å². The van der Waals surface area contributed by atoms with E-state index >= 15 is 0 Å². The summed E-state index contributed by atoms with van der Waals surface area (Å²) in [6.07, 6.45) is 0. The normalized spacial score (nSPS) is 14.9. The third-order valence-corrected chi connectivity index (χ3v) is 4.41. The maximum absolute atomic E-state index is 11.5. The van der Waals surface area contributed by atoms with Crippen molar-refractivity contribution in [3.05, 3.63) is 64.7 Å². The van der Waals surface area contributed by atoms with Crippen LogP contribution in [-0.4, -0.2) is 56.3 Å². The molecule has 0 spiro atoms. The Hall–Kier alpha value is 1.52. The molecular formula is C20H21I5N3O6V2. The quantitative estimate of drug-likeness (QED) is 0.200. The summed E-state index contributed by atoms with van der Waals surface area (Å²) in [6.45, 7) is 2.52. The Labute approximate surface area is 276 Å². The van der Waals surface area contributed by atoms with E-state index in [2.05, 4.69) is 99.9 Å². The van der Waals surface area contributed by atoms with Crippen LogP contribution in [0.3, 0.4) is 0 Å². The molecule has 0 unspecified atom stereocenters. The summed E-state index contributed by atoms with van der Waals surface area (Å²) < 4.78 is 10.0. The number of benzene rings is 2. The average molecular weight is 1140 g/mol. The van der Waals surface area contributed by atoms with Crippen molar-refractivity contribution in [2.45, 2.75) is 0 Å². The number of morpholine rings is 2. The second kappa shape index (κ2) is 21.3. The molecule has 36 heavy (non-hydrogen) atoms. The molecule has 16 heteroatoms. The van der Waals surface area contributed by atoms with Crippen molar-refractivity contribution in [1.29, 1.82) is 0 Å². The van der Waals surface area contributed by atoms with Gasteiger partial charge in [0.15, 0.2) is 0 Å². The molecule has 0 bridgehead atoms. The van der Waals surface area contributed by atoms with Gasteiger partial charge in [0.05, 0.1) is 18.1 Å². The van der Waals surface area contributed by atoms with E-state index in [1.165, 1.54) is 12.1 Å². The molecule has 2 aliphatic rings. The van der Waals surface area contributed by atoms with Gasteiger partial charge >= 0.3 is 114 Å². The van der Waals surface area contributed by atoms with Gasteiger partial charge in [0, 0.05) is 36.6 Å². The average Bonchev–Trinajstić information content (AvgIpc) is 2.86. The molecule has 0 N–H and O–H groups in total. The molecule has 2 aromatic carbocycles. The number of nitro benzene ring substituents is 1. The molecular weight excluding hydrogens is 1110 g/mol. The number of carbonyl (C=O) groups is 2. The summed E-state index contributed by atoms with van der Waals surface area (Å²) in [7, 11) is 0.628. The number of halogens is 5. The molecule has 2 amide bonds. The molecule has 9 nitrogen and oxygen atoms in total. The molecule has 0 radical (unpaired) electrons. The zero-order chi connectivity index (χ0) is 26.9. The van der Waals surface area contributed by atoms with Crippen LogP contribution >= 0.6 is 99.9 Å². The molecule has 4 rings (SSSR count). The third-order valence-electron chi connectivity index (χ3n) is 4.41. The molecule has 0 saturated carbocycles. The molecule has 2 heterocycles. The fourth-order valence-corrected chi connectivity index (χ4v) is 2.94. The van der Waals surface area contributed by atoms with Gasteiger partial charge in [0.25, 0.3) is 17.5 Å². The Balaban J connectivity index is 0.000000290. The van der Waals surface area contributed by atoms with Crippen molar-refractivity contribution in [2.24, 2.45) is 0 Å². The summed E-state index contributed by atoms with van der Waals surface area (Å²) in [6, 6.07) is 15.6. The molecule has 2 fully saturated rings. The second-order valence-corrected chi connectivity index (χ2v) is 53.7. The van der Waals surface area contributed by atoms with Gasteiger partial charge in [-0.2, -0.15) is 0 Å². The SMILES string of the molecule is O=C1COCCN1c1ccc([N+](=O)[O-])cc1.O=C1COCCN1c1ccccc1.[I][V]([I])[I].[I][V][I]. The van der Waals surface area contributed by atoms with E-state index in [4.69, 9.17) is 9.47 Å². The predicted molar refractivity (Wildman–Crippen MR) is 176 cm³/mol. The number of hydrogen-bond donors (Lipinski definition) is 0. The van der Waals surface area contributed by atoms with Crippen molar-refractivity contribution in [2.75, 3.05) is 49.3 Å². The van der Waals surface area contributed by atoms with Crippen LogP contribution in [0.1, 0.15) is 0 Å². The third kappa shape index (κ3) is 14.8. The van der Waals surface area contributed by atoms with Crippen molar-refractivity contribution < 1.29 is 38.4 Å². The van der Waals surface area contributed by atoms with Gasteiger partial charge < -0.3 is 19.3 Å². The standard InChI is InChI=1S/C10H10N2O4.C10H11NO2.5HI.2V/c13-10-7-16-6-5-11(10)8-1-3-9(4-2-8)12(14)15;12-10-8-13-7-6-11(10)9-4-2-1-3-5-9;;;;;;;/h1-4H,5-7H2;1-5H,6-8H2;5*1H;;/q;;;;;;;+2;+3/p-5. The minimum atomic E-state index is -0.467. The Kier molecular flexibility index (Phi) is 21.0. The van der Waals surface area contributed by atoms with E-state index in [9.17, 15) is 19.7 Å². The van der Waals surface area contributed by atoms with Crippen molar-refractivity contribution in [3.8, 4) is 0 Å². The van der Waals surface area contributed by atoms with E-state index in [0.717, 1.165) is 5.69 Å². The number of amides is 2. The van der Waals surface area contributed by atoms with Crippen molar-refractivity contribution in [1.82, 2.24) is 0 Å². The van der Waals surface area contributed by atoms with Gasteiger partial charge in [0.2, 0.25) is 0 Å². The number of nitrogens with zero attached hydrogens (tertiary/aromatic N) is 3. The van der Waals surface area contributed by atoms with Gasteiger partial charge in [-0.25, -0.2) is 0 Å². The first kappa shape index (κ1) is 35.5. The Morgan fingerprint density at radius 3 is 1.56 bits per heavy atom. The molecule has 0 atom stereocenters. The monoisotopic (exact) mass is 1140 g/mol. The van der Waals surface area contributed by atoms with Crippen LogP contribution in [0.4, 0.5) is 17.1 Å². The summed E-state index contributed by atoms with van der Waals surface area (Å²) in [5, 5.41) is 10.5. The number of para-hydroxylation sites is 1. The van der Waals surface area contributed by atoms with E-state index < -0.39 is 4.92 Å². The molecule has 2 aliphatic heterocycles. The fourth-order valence-electron chi connectivity index (χ4n) is 2.94. The first-order chi connectivity index (χ1) is 17.2. The zero-order valence-corrected chi connectivity index (χ0v) is 32.1. The van der Waals surface area contributed by atoms with Crippen LogP contribution in [0.15, 0.2) is 54.6 Å². The van der Waals surface area contributed by atoms with E-state index in [1.807, 2.05) is 30.3 Å². The molecule has 2 saturated heterocycles. The van der Waals surface area contributed by atoms with Gasteiger partial charge in [-0.05, 0) is 24.3 Å². The van der Waals surface area contributed by atoms with Gasteiger partial charge in [-0.3, -0.25) is 19.7 Å². The Morgan fingerprint density at radius 1 is 0.806 bits per heavy atom. The summed E-state index contributed by atoms with van der Waals surface area (Å²) in [5.41, 5.74) is 1.64. The van der Waals surface area contributed by atoms with E-state index in [1.54, 1.807) is 21.9 Å². The van der Waals surface area contributed by atoms with E-state index in [-0.39, 0.29) is 35.6 Å².